The van der Waals surface area contributed by atoms with Crippen molar-refractivity contribution in [3.63, 3.8) is 0 Å². The molecule has 4 aliphatic carbocycles. The Kier molecular flexibility index (Phi) is 6.15. The van der Waals surface area contributed by atoms with Crippen LogP contribution in [0, 0.1) is 24.2 Å². The van der Waals surface area contributed by atoms with Crippen LogP contribution in [0.2, 0.25) is 0 Å². The maximum absolute atomic E-state index is 13.9. The number of para-hydroxylation sites is 1. The van der Waals surface area contributed by atoms with Crippen molar-refractivity contribution in [3.05, 3.63) is 65.7 Å². The number of nitrogens with zero attached hydrogens (tertiary/aromatic N) is 1. The normalized spacial score (nSPS) is 31.8. The molecule has 4 bridgehead atoms. The SMILES string of the molecule is Cc1ccc(C23CC4CC(CC(C(=O)NC5CCN(CC(=O)Nc6ccccc6)CC5)(C4)C2)C3)cc1. The van der Waals surface area contributed by atoms with Crippen LogP contribution in [0.1, 0.15) is 62.5 Å². The third-order valence-corrected chi connectivity index (χ3v) is 9.55. The van der Waals surface area contributed by atoms with Crippen LogP contribution in [0.25, 0.3) is 0 Å². The maximum Gasteiger partial charge on any atom is 0.238 e. The van der Waals surface area contributed by atoms with Gasteiger partial charge in [0.2, 0.25) is 11.8 Å². The lowest BCUT2D eigenvalue weighted by molar-refractivity contribution is -0.150. The minimum Gasteiger partial charge on any atom is -0.353 e. The van der Waals surface area contributed by atoms with Crippen LogP contribution in [0.4, 0.5) is 5.69 Å². The molecule has 4 saturated carbocycles. The predicted molar refractivity (Wildman–Crippen MR) is 143 cm³/mol. The number of carbonyl (C=O) groups is 2. The van der Waals surface area contributed by atoms with Crippen LogP contribution in [0.5, 0.6) is 0 Å². The lowest BCUT2D eigenvalue weighted by atomic mass is 9.42. The van der Waals surface area contributed by atoms with Crippen molar-refractivity contribution >= 4 is 17.5 Å². The van der Waals surface area contributed by atoms with Crippen LogP contribution >= 0.6 is 0 Å². The van der Waals surface area contributed by atoms with Crippen molar-refractivity contribution in [1.29, 1.82) is 0 Å². The fourth-order valence-corrected chi connectivity index (χ4v) is 8.27. The summed E-state index contributed by atoms with van der Waals surface area (Å²) in [4.78, 5) is 28.5. The molecule has 7 rings (SSSR count). The summed E-state index contributed by atoms with van der Waals surface area (Å²) >= 11 is 0. The molecule has 1 aliphatic heterocycles. The smallest absolute Gasteiger partial charge is 0.238 e. The van der Waals surface area contributed by atoms with Gasteiger partial charge in [-0.05, 0) is 93.2 Å². The molecule has 2 aromatic carbocycles. The second kappa shape index (κ2) is 9.33. The van der Waals surface area contributed by atoms with Crippen molar-refractivity contribution in [2.75, 3.05) is 25.0 Å². The van der Waals surface area contributed by atoms with E-state index in [1.54, 1.807) is 0 Å². The summed E-state index contributed by atoms with van der Waals surface area (Å²) in [5.74, 6) is 1.71. The molecule has 5 aliphatic rings. The Bertz CT molecular complexity index is 1090. The van der Waals surface area contributed by atoms with Gasteiger partial charge in [0.25, 0.3) is 0 Å². The van der Waals surface area contributed by atoms with Gasteiger partial charge in [0, 0.05) is 24.8 Å². The Balaban J connectivity index is 1.06. The first-order valence-electron chi connectivity index (χ1n) is 13.9. The number of benzene rings is 2. The first-order chi connectivity index (χ1) is 17.4. The summed E-state index contributed by atoms with van der Waals surface area (Å²) in [5.41, 5.74) is 3.59. The third-order valence-electron chi connectivity index (χ3n) is 9.55. The van der Waals surface area contributed by atoms with E-state index in [1.165, 1.54) is 30.4 Å². The number of hydrogen-bond donors (Lipinski definition) is 2. The average molecular weight is 486 g/mol. The molecule has 190 valence electrons. The van der Waals surface area contributed by atoms with Gasteiger partial charge in [-0.1, -0.05) is 48.0 Å². The largest absolute Gasteiger partial charge is 0.353 e. The molecular formula is C31H39N3O2. The predicted octanol–water partition coefficient (Wildman–Crippen LogP) is 5.05. The highest BCUT2D eigenvalue weighted by molar-refractivity contribution is 5.92. The Morgan fingerprint density at radius 2 is 1.58 bits per heavy atom. The van der Waals surface area contributed by atoms with Gasteiger partial charge in [0.15, 0.2) is 0 Å². The van der Waals surface area contributed by atoms with Gasteiger partial charge in [-0.2, -0.15) is 0 Å². The lowest BCUT2D eigenvalue weighted by Gasteiger charge is -2.61. The molecule has 5 nitrogen and oxygen atoms in total. The van der Waals surface area contributed by atoms with Gasteiger partial charge in [-0.25, -0.2) is 0 Å². The van der Waals surface area contributed by atoms with E-state index in [9.17, 15) is 9.59 Å². The highest BCUT2D eigenvalue weighted by Crippen LogP contribution is 2.65. The van der Waals surface area contributed by atoms with E-state index < -0.39 is 0 Å². The molecule has 2 unspecified atom stereocenters. The first-order valence-corrected chi connectivity index (χ1v) is 13.9. The zero-order valence-electron chi connectivity index (χ0n) is 21.5. The second-order valence-corrected chi connectivity index (χ2v) is 12.3. The van der Waals surface area contributed by atoms with Crippen molar-refractivity contribution in [3.8, 4) is 0 Å². The molecule has 0 aromatic heterocycles. The number of hydrogen-bond acceptors (Lipinski definition) is 3. The fraction of sp³-hybridized carbons (Fsp3) is 0.548. The zero-order chi connectivity index (χ0) is 24.8. The molecule has 1 saturated heterocycles. The second-order valence-electron chi connectivity index (χ2n) is 12.3. The summed E-state index contributed by atoms with van der Waals surface area (Å²) in [6.45, 7) is 4.25. The number of likely N-dealkylation sites (tertiary alicyclic amines) is 1. The molecule has 0 spiro atoms. The number of carbonyl (C=O) groups excluding carboxylic acids is 2. The number of anilines is 1. The van der Waals surface area contributed by atoms with E-state index in [1.807, 2.05) is 30.3 Å². The van der Waals surface area contributed by atoms with E-state index in [4.69, 9.17) is 0 Å². The topological polar surface area (TPSA) is 61.4 Å². The van der Waals surface area contributed by atoms with Crippen molar-refractivity contribution in [2.45, 2.75) is 69.7 Å². The van der Waals surface area contributed by atoms with Crippen LogP contribution in [0.15, 0.2) is 54.6 Å². The summed E-state index contributed by atoms with van der Waals surface area (Å²) in [6, 6.07) is 19.0. The Hall–Kier alpha value is -2.66. The lowest BCUT2D eigenvalue weighted by Crippen LogP contribution is -2.60. The Morgan fingerprint density at radius 3 is 2.25 bits per heavy atom. The number of piperidine rings is 1. The van der Waals surface area contributed by atoms with Gasteiger partial charge >= 0.3 is 0 Å². The zero-order valence-corrected chi connectivity index (χ0v) is 21.5. The Morgan fingerprint density at radius 1 is 0.917 bits per heavy atom. The van der Waals surface area contributed by atoms with E-state index >= 15 is 0 Å². The molecule has 2 amide bonds. The van der Waals surface area contributed by atoms with Gasteiger partial charge in [-0.15, -0.1) is 0 Å². The van der Waals surface area contributed by atoms with Crippen molar-refractivity contribution in [2.24, 2.45) is 17.3 Å². The van der Waals surface area contributed by atoms with Gasteiger partial charge in [0.1, 0.15) is 0 Å². The monoisotopic (exact) mass is 485 g/mol. The van der Waals surface area contributed by atoms with E-state index in [-0.39, 0.29) is 22.8 Å². The van der Waals surface area contributed by atoms with E-state index in [2.05, 4.69) is 46.7 Å². The average Bonchev–Trinajstić information content (AvgIpc) is 2.85. The summed E-state index contributed by atoms with van der Waals surface area (Å²) in [7, 11) is 0. The number of rotatable bonds is 6. The van der Waals surface area contributed by atoms with Gasteiger partial charge < -0.3 is 10.6 Å². The number of nitrogens with one attached hydrogen (secondary N) is 2. The third kappa shape index (κ3) is 4.58. The quantitative estimate of drug-likeness (QED) is 0.602. The molecule has 2 atom stereocenters. The number of aryl methyl sites for hydroxylation is 1. The molecule has 5 fully saturated rings. The van der Waals surface area contributed by atoms with Gasteiger partial charge in [0.05, 0.1) is 12.0 Å². The van der Waals surface area contributed by atoms with Crippen LogP contribution in [-0.2, 0) is 15.0 Å². The molecule has 0 radical (unpaired) electrons. The van der Waals surface area contributed by atoms with Crippen LogP contribution in [-0.4, -0.2) is 42.4 Å². The summed E-state index contributed by atoms with van der Waals surface area (Å²) < 4.78 is 0. The van der Waals surface area contributed by atoms with E-state index in [0.29, 0.717) is 24.3 Å². The van der Waals surface area contributed by atoms with Gasteiger partial charge in [-0.3, -0.25) is 14.5 Å². The minimum absolute atomic E-state index is 0.0265. The highest BCUT2D eigenvalue weighted by Gasteiger charge is 2.61. The van der Waals surface area contributed by atoms with Crippen molar-refractivity contribution in [1.82, 2.24) is 10.2 Å². The summed E-state index contributed by atoms with van der Waals surface area (Å²) in [6.07, 6.45) is 8.80. The standard InChI is InChI=1S/C31H39N3O2/c1-22-7-9-25(10-8-22)30-16-23-15-24(17-30)19-31(18-23,21-30)29(36)33-27-11-13-34(14-12-27)20-28(35)32-26-5-3-2-4-6-26/h2-10,23-24,27H,11-21H2,1H3,(H,32,35)(H,33,36). The van der Waals surface area contributed by atoms with Crippen LogP contribution in [0.3, 0.4) is 0 Å². The fourth-order valence-electron chi connectivity index (χ4n) is 8.27. The molecule has 2 N–H and O–H groups in total. The molecule has 1 heterocycles. The van der Waals surface area contributed by atoms with Crippen molar-refractivity contribution < 1.29 is 9.59 Å². The molecule has 5 heteroatoms. The minimum atomic E-state index is -0.193. The molecular weight excluding hydrogens is 446 g/mol. The maximum atomic E-state index is 13.9. The Labute approximate surface area is 215 Å². The highest BCUT2D eigenvalue weighted by atomic mass is 16.2. The summed E-state index contributed by atoms with van der Waals surface area (Å²) in [5, 5.41) is 6.48. The molecule has 2 aromatic rings. The van der Waals surface area contributed by atoms with Crippen LogP contribution < -0.4 is 10.6 Å². The first kappa shape index (κ1) is 23.7. The van der Waals surface area contributed by atoms with E-state index in [0.717, 1.165) is 50.9 Å². The molecule has 36 heavy (non-hydrogen) atoms. The number of amides is 2.